The Hall–Kier alpha value is -1.39. The van der Waals surface area contributed by atoms with Crippen LogP contribution in [0.1, 0.15) is 77.0 Å². The highest BCUT2D eigenvalue weighted by atomic mass is 16.2. The third-order valence-corrected chi connectivity index (χ3v) is 8.13. The molecule has 1 N–H and O–H groups in total. The molecule has 0 aromatic carbocycles. The number of amides is 3. The molecular weight excluding hydrogens is 328 g/mol. The Morgan fingerprint density at radius 3 is 2.00 bits per heavy atom. The second kappa shape index (κ2) is 5.80. The highest BCUT2D eigenvalue weighted by Gasteiger charge is 2.56. The van der Waals surface area contributed by atoms with Gasteiger partial charge in [-0.1, -0.05) is 25.7 Å². The lowest BCUT2D eigenvalue weighted by molar-refractivity contribution is -0.147. The number of nitrogens with zero attached hydrogens (tertiary/aromatic N) is 1. The van der Waals surface area contributed by atoms with Gasteiger partial charge >= 0.3 is 6.03 Å². The smallest absolute Gasteiger partial charge is 0.323 e. The van der Waals surface area contributed by atoms with Gasteiger partial charge in [0.05, 0.1) is 6.54 Å². The minimum absolute atomic E-state index is 0.00141. The standard InChI is InChI=1S/C21H30N2O3/c24-17(20-10-14-7-15(11-20)9-16(8-14)12-20)13-23-18(25)21(22-19(23)26)5-3-1-2-4-6-21/h14-16H,1-13H2,(H,22,26). The van der Waals surface area contributed by atoms with Gasteiger partial charge in [-0.2, -0.15) is 0 Å². The molecule has 0 aromatic heterocycles. The van der Waals surface area contributed by atoms with Crippen molar-refractivity contribution in [1.82, 2.24) is 10.2 Å². The first-order chi connectivity index (χ1) is 12.5. The monoisotopic (exact) mass is 358 g/mol. The molecule has 6 rings (SSSR count). The minimum atomic E-state index is -0.727. The number of hydrogen-bond donors (Lipinski definition) is 1. The largest absolute Gasteiger partial charge is 0.325 e. The molecule has 3 amide bonds. The van der Waals surface area contributed by atoms with Crippen molar-refractivity contribution in [1.29, 1.82) is 0 Å². The van der Waals surface area contributed by atoms with E-state index in [0.29, 0.717) is 17.8 Å². The molecule has 6 aliphatic rings. The molecule has 5 saturated carbocycles. The van der Waals surface area contributed by atoms with Gasteiger partial charge in [0, 0.05) is 5.41 Å². The highest BCUT2D eigenvalue weighted by molar-refractivity contribution is 6.09. The van der Waals surface area contributed by atoms with Crippen molar-refractivity contribution in [3.8, 4) is 0 Å². The molecule has 0 aromatic rings. The summed E-state index contributed by atoms with van der Waals surface area (Å²) in [6.07, 6.45) is 12.5. The zero-order chi connectivity index (χ0) is 17.9. The zero-order valence-corrected chi connectivity index (χ0v) is 15.6. The maximum atomic E-state index is 13.3. The molecule has 0 unspecified atom stereocenters. The second-order valence-electron chi connectivity index (χ2n) is 9.94. The lowest BCUT2D eigenvalue weighted by atomic mass is 9.48. The summed E-state index contributed by atoms with van der Waals surface area (Å²) in [4.78, 5) is 40.2. The van der Waals surface area contributed by atoms with Crippen LogP contribution in [0.3, 0.4) is 0 Å². The van der Waals surface area contributed by atoms with E-state index >= 15 is 0 Å². The maximum absolute atomic E-state index is 13.3. The summed E-state index contributed by atoms with van der Waals surface area (Å²) < 4.78 is 0. The molecule has 1 saturated heterocycles. The van der Waals surface area contributed by atoms with Crippen LogP contribution in [0, 0.1) is 23.2 Å². The van der Waals surface area contributed by atoms with Crippen molar-refractivity contribution in [2.45, 2.75) is 82.6 Å². The van der Waals surface area contributed by atoms with Crippen LogP contribution in [0.2, 0.25) is 0 Å². The third kappa shape index (κ3) is 2.45. The van der Waals surface area contributed by atoms with Crippen molar-refractivity contribution in [3.05, 3.63) is 0 Å². The number of imide groups is 1. The predicted molar refractivity (Wildman–Crippen MR) is 96.3 cm³/mol. The lowest BCUT2D eigenvalue weighted by Crippen LogP contribution is -2.53. The number of urea groups is 1. The Bertz CT molecular complexity index is 612. The first kappa shape index (κ1) is 16.8. The van der Waals surface area contributed by atoms with Crippen LogP contribution in [0.25, 0.3) is 0 Å². The van der Waals surface area contributed by atoms with Crippen LogP contribution < -0.4 is 5.32 Å². The summed E-state index contributed by atoms with van der Waals surface area (Å²) in [5, 5.41) is 2.97. The summed E-state index contributed by atoms with van der Waals surface area (Å²) in [6, 6.07) is -0.338. The zero-order valence-electron chi connectivity index (χ0n) is 15.6. The van der Waals surface area contributed by atoms with Crippen LogP contribution >= 0.6 is 0 Å². The van der Waals surface area contributed by atoms with Crippen molar-refractivity contribution in [3.63, 3.8) is 0 Å². The molecule has 6 fully saturated rings. The fourth-order valence-corrected chi connectivity index (χ4v) is 7.25. The van der Waals surface area contributed by atoms with E-state index in [2.05, 4.69) is 5.32 Å². The SMILES string of the molecule is O=C1NC2(CCCCCC2)C(=O)N1CC(=O)C12CC3CC(CC(C3)C1)C2. The Labute approximate surface area is 155 Å². The molecule has 4 bridgehead atoms. The van der Waals surface area contributed by atoms with Crippen LogP contribution in [-0.2, 0) is 9.59 Å². The van der Waals surface area contributed by atoms with Gasteiger partial charge < -0.3 is 5.32 Å². The van der Waals surface area contributed by atoms with Gasteiger partial charge in [0.15, 0.2) is 5.78 Å². The first-order valence-electron chi connectivity index (χ1n) is 10.7. The van der Waals surface area contributed by atoms with Crippen molar-refractivity contribution < 1.29 is 14.4 Å². The quantitative estimate of drug-likeness (QED) is 0.786. The van der Waals surface area contributed by atoms with Gasteiger partial charge in [0.1, 0.15) is 5.54 Å². The summed E-state index contributed by atoms with van der Waals surface area (Å²) in [7, 11) is 0. The molecule has 142 valence electrons. The van der Waals surface area contributed by atoms with Gasteiger partial charge in [0.25, 0.3) is 5.91 Å². The minimum Gasteiger partial charge on any atom is -0.323 e. The first-order valence-corrected chi connectivity index (χ1v) is 10.7. The maximum Gasteiger partial charge on any atom is 0.325 e. The number of hydrogen-bond acceptors (Lipinski definition) is 3. The van der Waals surface area contributed by atoms with Crippen LogP contribution in [-0.4, -0.2) is 34.7 Å². The molecule has 1 heterocycles. The molecule has 0 radical (unpaired) electrons. The Morgan fingerprint density at radius 2 is 1.46 bits per heavy atom. The van der Waals surface area contributed by atoms with E-state index in [1.165, 1.54) is 24.2 Å². The molecular formula is C21H30N2O3. The fraction of sp³-hybridized carbons (Fsp3) is 0.857. The number of nitrogens with one attached hydrogen (secondary N) is 1. The summed E-state index contributed by atoms with van der Waals surface area (Å²) >= 11 is 0. The molecule has 0 atom stereocenters. The third-order valence-electron chi connectivity index (χ3n) is 8.13. The van der Waals surface area contributed by atoms with Gasteiger partial charge in [-0.3, -0.25) is 14.5 Å². The Kier molecular flexibility index (Phi) is 3.74. The van der Waals surface area contributed by atoms with Gasteiger partial charge in [0.2, 0.25) is 0 Å². The highest BCUT2D eigenvalue weighted by Crippen LogP contribution is 2.60. The Morgan fingerprint density at radius 1 is 0.923 bits per heavy atom. The van der Waals surface area contributed by atoms with E-state index in [0.717, 1.165) is 57.8 Å². The normalized spacial score (nSPS) is 40.8. The number of carbonyl (C=O) groups is 3. The van der Waals surface area contributed by atoms with E-state index in [-0.39, 0.29) is 29.7 Å². The molecule has 1 aliphatic heterocycles. The van der Waals surface area contributed by atoms with Crippen molar-refractivity contribution in [2.24, 2.45) is 23.2 Å². The molecule has 1 spiro atoms. The average Bonchev–Trinajstić information content (AvgIpc) is 2.76. The van der Waals surface area contributed by atoms with E-state index in [9.17, 15) is 14.4 Å². The van der Waals surface area contributed by atoms with Crippen LogP contribution in [0.15, 0.2) is 0 Å². The number of carbonyl (C=O) groups excluding carboxylic acids is 3. The van der Waals surface area contributed by atoms with Crippen LogP contribution in [0.5, 0.6) is 0 Å². The van der Waals surface area contributed by atoms with Gasteiger partial charge in [-0.15, -0.1) is 0 Å². The summed E-state index contributed by atoms with van der Waals surface area (Å²) in [5.74, 6) is 2.11. The fourth-order valence-electron chi connectivity index (χ4n) is 7.25. The van der Waals surface area contributed by atoms with E-state index in [1.54, 1.807) is 0 Å². The topological polar surface area (TPSA) is 66.5 Å². The second-order valence-corrected chi connectivity index (χ2v) is 9.94. The van der Waals surface area contributed by atoms with Gasteiger partial charge in [-0.25, -0.2) is 4.79 Å². The van der Waals surface area contributed by atoms with Crippen molar-refractivity contribution in [2.75, 3.05) is 6.54 Å². The van der Waals surface area contributed by atoms with Gasteiger partial charge in [-0.05, 0) is 69.1 Å². The predicted octanol–water partition coefficient (Wildman–Crippen LogP) is 3.42. The molecule has 5 aliphatic carbocycles. The summed E-state index contributed by atoms with van der Waals surface area (Å²) in [5.41, 5.74) is -0.968. The number of rotatable bonds is 3. The molecule has 26 heavy (non-hydrogen) atoms. The summed E-state index contributed by atoms with van der Waals surface area (Å²) in [6.45, 7) is -0.00141. The van der Waals surface area contributed by atoms with E-state index in [4.69, 9.17) is 0 Å². The van der Waals surface area contributed by atoms with Crippen LogP contribution in [0.4, 0.5) is 4.79 Å². The number of ketones is 1. The molecule has 5 heteroatoms. The molecule has 5 nitrogen and oxygen atoms in total. The lowest BCUT2D eigenvalue weighted by Gasteiger charge is -2.56. The average molecular weight is 358 g/mol. The van der Waals surface area contributed by atoms with E-state index < -0.39 is 5.54 Å². The van der Waals surface area contributed by atoms with Crippen molar-refractivity contribution >= 4 is 17.7 Å². The van der Waals surface area contributed by atoms with E-state index in [1.807, 2.05) is 0 Å². The number of Topliss-reactive ketones (excluding diaryl/α,β-unsaturated/α-hetero) is 1. The Balaban J connectivity index is 1.34.